The van der Waals surface area contributed by atoms with Crippen molar-refractivity contribution in [1.29, 1.82) is 0 Å². The van der Waals surface area contributed by atoms with Crippen molar-refractivity contribution >= 4 is 28.1 Å². The van der Waals surface area contributed by atoms with Crippen LogP contribution in [0.2, 0.25) is 0 Å². The number of nitrogens with one attached hydrogen (secondary N) is 1. The SMILES string of the molecule is CCCc1nc(SCc2cc(=O)n3cc(C)sc3n2)n[nH]1. The fourth-order valence-corrected chi connectivity index (χ4v) is 3.52. The zero-order valence-electron chi connectivity index (χ0n) is 11.8. The number of hydrogen-bond acceptors (Lipinski definition) is 6. The summed E-state index contributed by atoms with van der Waals surface area (Å²) in [6.45, 7) is 4.07. The minimum Gasteiger partial charge on any atom is -0.269 e. The Labute approximate surface area is 129 Å². The van der Waals surface area contributed by atoms with E-state index < -0.39 is 0 Å². The van der Waals surface area contributed by atoms with E-state index in [1.165, 1.54) is 23.1 Å². The molecule has 0 aliphatic rings. The minimum atomic E-state index is -0.0402. The number of thioether (sulfide) groups is 1. The van der Waals surface area contributed by atoms with E-state index >= 15 is 0 Å². The zero-order chi connectivity index (χ0) is 14.8. The van der Waals surface area contributed by atoms with Crippen LogP contribution in [0.3, 0.4) is 0 Å². The summed E-state index contributed by atoms with van der Waals surface area (Å²) < 4.78 is 1.58. The van der Waals surface area contributed by atoms with Crippen LogP contribution in [0.25, 0.3) is 4.96 Å². The van der Waals surface area contributed by atoms with Crippen LogP contribution in [0.15, 0.2) is 22.2 Å². The molecule has 0 aromatic carbocycles. The van der Waals surface area contributed by atoms with Gasteiger partial charge in [0.25, 0.3) is 5.56 Å². The molecule has 21 heavy (non-hydrogen) atoms. The maximum absolute atomic E-state index is 12.0. The summed E-state index contributed by atoms with van der Waals surface area (Å²) in [5, 5.41) is 7.78. The molecule has 0 saturated carbocycles. The Hall–Kier alpha value is -1.67. The number of thiazole rings is 1. The van der Waals surface area contributed by atoms with E-state index in [9.17, 15) is 4.79 Å². The van der Waals surface area contributed by atoms with E-state index in [2.05, 4.69) is 27.1 Å². The molecular formula is C13H15N5OS2. The van der Waals surface area contributed by atoms with Gasteiger partial charge in [0.1, 0.15) is 5.82 Å². The van der Waals surface area contributed by atoms with Gasteiger partial charge in [0, 0.05) is 29.3 Å². The zero-order valence-corrected chi connectivity index (χ0v) is 13.4. The minimum absolute atomic E-state index is 0.0402. The van der Waals surface area contributed by atoms with Gasteiger partial charge < -0.3 is 0 Å². The van der Waals surface area contributed by atoms with Crippen LogP contribution in [-0.4, -0.2) is 24.6 Å². The normalized spacial score (nSPS) is 11.3. The van der Waals surface area contributed by atoms with E-state index in [0.717, 1.165) is 34.2 Å². The lowest BCUT2D eigenvalue weighted by Gasteiger charge is -1.98. The van der Waals surface area contributed by atoms with E-state index in [-0.39, 0.29) is 5.56 Å². The molecule has 3 aromatic rings. The Morgan fingerprint density at radius 2 is 2.29 bits per heavy atom. The molecule has 0 amide bonds. The smallest absolute Gasteiger partial charge is 0.258 e. The summed E-state index contributed by atoms with van der Waals surface area (Å²) in [6.07, 6.45) is 3.75. The molecule has 0 aliphatic heterocycles. The summed E-state index contributed by atoms with van der Waals surface area (Å²) in [5.74, 6) is 1.49. The predicted molar refractivity (Wildman–Crippen MR) is 84.0 cm³/mol. The third-order valence-electron chi connectivity index (χ3n) is 2.88. The summed E-state index contributed by atoms with van der Waals surface area (Å²) in [7, 11) is 0. The molecule has 0 bridgehead atoms. The summed E-state index contributed by atoms with van der Waals surface area (Å²) in [5.41, 5.74) is 0.718. The molecule has 0 aliphatic carbocycles. The van der Waals surface area contributed by atoms with Crippen molar-refractivity contribution in [1.82, 2.24) is 24.6 Å². The Balaban J connectivity index is 1.76. The highest BCUT2D eigenvalue weighted by Crippen LogP contribution is 2.19. The van der Waals surface area contributed by atoms with Crippen molar-refractivity contribution in [3.63, 3.8) is 0 Å². The van der Waals surface area contributed by atoms with Gasteiger partial charge in [-0.25, -0.2) is 9.97 Å². The number of rotatable bonds is 5. The average molecular weight is 321 g/mol. The number of hydrogen-bond donors (Lipinski definition) is 1. The molecule has 0 radical (unpaired) electrons. The Morgan fingerprint density at radius 3 is 3.10 bits per heavy atom. The van der Waals surface area contributed by atoms with Gasteiger partial charge in [0.15, 0.2) is 4.96 Å². The van der Waals surface area contributed by atoms with Gasteiger partial charge in [0.2, 0.25) is 5.16 Å². The molecule has 0 fully saturated rings. The first-order chi connectivity index (χ1) is 10.2. The van der Waals surface area contributed by atoms with Crippen molar-refractivity contribution in [2.24, 2.45) is 0 Å². The molecule has 3 heterocycles. The van der Waals surface area contributed by atoms with Crippen LogP contribution in [0.1, 0.15) is 29.7 Å². The maximum Gasteiger partial charge on any atom is 0.258 e. The van der Waals surface area contributed by atoms with Crippen LogP contribution in [0, 0.1) is 6.92 Å². The van der Waals surface area contributed by atoms with Crippen molar-refractivity contribution in [3.05, 3.63) is 39.0 Å². The van der Waals surface area contributed by atoms with Gasteiger partial charge in [0.05, 0.1) is 5.69 Å². The Kier molecular flexibility index (Phi) is 4.07. The van der Waals surface area contributed by atoms with E-state index in [1.807, 2.05) is 13.1 Å². The highest BCUT2D eigenvalue weighted by Gasteiger charge is 2.08. The van der Waals surface area contributed by atoms with E-state index in [0.29, 0.717) is 10.9 Å². The predicted octanol–water partition coefficient (Wildman–Crippen LogP) is 2.43. The molecule has 110 valence electrons. The molecule has 0 atom stereocenters. The lowest BCUT2D eigenvalue weighted by atomic mass is 10.3. The second-order valence-electron chi connectivity index (χ2n) is 4.68. The third-order valence-corrected chi connectivity index (χ3v) is 4.66. The largest absolute Gasteiger partial charge is 0.269 e. The lowest BCUT2D eigenvalue weighted by Crippen LogP contribution is -2.12. The van der Waals surface area contributed by atoms with Crippen LogP contribution in [-0.2, 0) is 12.2 Å². The van der Waals surface area contributed by atoms with Gasteiger partial charge in [-0.05, 0) is 13.3 Å². The molecule has 0 saturated heterocycles. The van der Waals surface area contributed by atoms with Crippen LogP contribution in [0.4, 0.5) is 0 Å². The van der Waals surface area contributed by atoms with Crippen LogP contribution in [0.5, 0.6) is 0 Å². The van der Waals surface area contributed by atoms with Crippen LogP contribution < -0.4 is 5.56 Å². The number of aromatic nitrogens is 5. The Morgan fingerprint density at radius 1 is 1.43 bits per heavy atom. The third kappa shape index (κ3) is 3.16. The Bertz CT molecular complexity index is 819. The molecule has 0 unspecified atom stereocenters. The van der Waals surface area contributed by atoms with Crippen molar-refractivity contribution in [2.45, 2.75) is 37.6 Å². The quantitative estimate of drug-likeness (QED) is 0.730. The molecule has 8 heteroatoms. The van der Waals surface area contributed by atoms with Crippen molar-refractivity contribution < 1.29 is 0 Å². The number of fused-ring (bicyclic) bond motifs is 1. The highest BCUT2D eigenvalue weighted by molar-refractivity contribution is 7.98. The first-order valence-corrected chi connectivity index (χ1v) is 8.48. The number of nitrogens with zero attached hydrogens (tertiary/aromatic N) is 4. The maximum atomic E-state index is 12.0. The average Bonchev–Trinajstić information content (AvgIpc) is 3.03. The second kappa shape index (κ2) is 5.98. The summed E-state index contributed by atoms with van der Waals surface area (Å²) in [4.78, 5) is 22.7. The van der Waals surface area contributed by atoms with Gasteiger partial charge in [-0.1, -0.05) is 18.7 Å². The molecule has 1 N–H and O–H groups in total. The monoisotopic (exact) mass is 321 g/mol. The summed E-state index contributed by atoms with van der Waals surface area (Å²) in [6, 6.07) is 1.58. The van der Waals surface area contributed by atoms with Gasteiger partial charge in [-0.15, -0.1) is 16.4 Å². The van der Waals surface area contributed by atoms with Gasteiger partial charge >= 0.3 is 0 Å². The lowest BCUT2D eigenvalue weighted by molar-refractivity contribution is 0.840. The first kappa shape index (κ1) is 14.3. The molecule has 6 nitrogen and oxygen atoms in total. The van der Waals surface area contributed by atoms with Gasteiger partial charge in [-0.3, -0.25) is 14.3 Å². The molecule has 0 spiro atoms. The fraction of sp³-hybridized carbons (Fsp3) is 0.385. The van der Waals surface area contributed by atoms with Crippen molar-refractivity contribution in [2.75, 3.05) is 0 Å². The highest BCUT2D eigenvalue weighted by atomic mass is 32.2. The second-order valence-corrected chi connectivity index (χ2v) is 6.84. The van der Waals surface area contributed by atoms with E-state index in [1.54, 1.807) is 10.5 Å². The fourth-order valence-electron chi connectivity index (χ4n) is 1.96. The number of aryl methyl sites for hydroxylation is 2. The van der Waals surface area contributed by atoms with E-state index in [4.69, 9.17) is 0 Å². The topological polar surface area (TPSA) is 75.9 Å². The molecule has 3 aromatic heterocycles. The van der Waals surface area contributed by atoms with Crippen molar-refractivity contribution in [3.8, 4) is 0 Å². The standard InChI is InChI=1S/C13H15N5OS2/c1-3-4-10-15-12(17-16-10)20-7-9-5-11(19)18-6-8(2)21-13(18)14-9/h5-6H,3-4,7H2,1-2H3,(H,15,16,17). The van der Waals surface area contributed by atoms with Crippen LogP contribution >= 0.6 is 23.1 Å². The first-order valence-electron chi connectivity index (χ1n) is 6.68. The number of H-pyrrole nitrogens is 1. The molecule has 3 rings (SSSR count). The summed E-state index contributed by atoms with van der Waals surface area (Å²) >= 11 is 3.00. The molecular weight excluding hydrogens is 306 g/mol. The number of aromatic amines is 1. The van der Waals surface area contributed by atoms with Gasteiger partial charge in [-0.2, -0.15) is 0 Å².